The quantitative estimate of drug-likeness (QED) is 0.581. The highest BCUT2D eigenvalue weighted by atomic mass is 32.2. The van der Waals surface area contributed by atoms with E-state index in [0.717, 1.165) is 55.4 Å². The minimum absolute atomic E-state index is 0.0845. The first-order chi connectivity index (χ1) is 14.9. The Balaban J connectivity index is 1.27. The molecule has 1 N–H and O–H groups in total. The van der Waals surface area contributed by atoms with Crippen LogP contribution in [-0.4, -0.2) is 37.4 Å². The Morgan fingerprint density at radius 1 is 1.10 bits per heavy atom. The van der Waals surface area contributed by atoms with E-state index in [-0.39, 0.29) is 10.8 Å². The summed E-state index contributed by atoms with van der Waals surface area (Å²) in [5, 5.41) is 0.924. The zero-order valence-electron chi connectivity index (χ0n) is 17.3. The van der Waals surface area contributed by atoms with Crippen molar-refractivity contribution in [3.05, 3.63) is 71.3 Å². The summed E-state index contributed by atoms with van der Waals surface area (Å²) in [5.41, 5.74) is 2.43. The van der Waals surface area contributed by atoms with Gasteiger partial charge in [0.15, 0.2) is 0 Å². The van der Waals surface area contributed by atoms with Crippen molar-refractivity contribution in [3.63, 3.8) is 0 Å². The van der Waals surface area contributed by atoms with Crippen molar-refractivity contribution in [2.45, 2.75) is 31.1 Å². The van der Waals surface area contributed by atoms with Crippen LogP contribution >= 0.6 is 11.5 Å². The summed E-state index contributed by atoms with van der Waals surface area (Å²) in [4.78, 5) is 7.01. The third-order valence-corrected chi connectivity index (χ3v) is 7.77. The molecule has 31 heavy (non-hydrogen) atoms. The number of rotatable bonds is 7. The highest BCUT2D eigenvalue weighted by Crippen LogP contribution is 2.25. The summed E-state index contributed by atoms with van der Waals surface area (Å²) in [5.74, 6) is 0.634. The lowest BCUT2D eigenvalue weighted by Crippen LogP contribution is -2.38. The molecular weight excluding hydrogens is 435 g/mol. The lowest BCUT2D eigenvalue weighted by atomic mass is 9.97. The molecule has 1 fully saturated rings. The largest absolute Gasteiger partial charge is 0.347 e. The number of hydrogen-bond donors (Lipinski definition) is 1. The molecule has 164 valence electrons. The minimum atomic E-state index is -3.62. The highest BCUT2D eigenvalue weighted by molar-refractivity contribution is 7.89. The first kappa shape index (κ1) is 21.9. The van der Waals surface area contributed by atoms with E-state index in [4.69, 9.17) is 4.98 Å². The van der Waals surface area contributed by atoms with Crippen molar-refractivity contribution in [2.75, 3.05) is 24.5 Å². The number of halogens is 1. The van der Waals surface area contributed by atoms with Gasteiger partial charge in [0.05, 0.1) is 4.90 Å². The number of hydrogen-bond acceptors (Lipinski definition) is 6. The van der Waals surface area contributed by atoms with Crippen LogP contribution in [0.4, 0.5) is 9.52 Å². The molecule has 2 aromatic carbocycles. The zero-order valence-corrected chi connectivity index (χ0v) is 18.9. The van der Waals surface area contributed by atoms with Gasteiger partial charge >= 0.3 is 0 Å². The molecule has 0 saturated carbocycles. The van der Waals surface area contributed by atoms with Crippen molar-refractivity contribution in [3.8, 4) is 0 Å². The zero-order chi connectivity index (χ0) is 21.8. The molecule has 1 aliphatic rings. The summed E-state index contributed by atoms with van der Waals surface area (Å²) in [6, 6.07) is 13.3. The van der Waals surface area contributed by atoms with E-state index in [9.17, 15) is 12.8 Å². The molecular formula is C22H25FN4O2S2. The van der Waals surface area contributed by atoms with Crippen LogP contribution in [0.2, 0.25) is 0 Å². The molecule has 0 atom stereocenters. The van der Waals surface area contributed by atoms with Crippen LogP contribution in [-0.2, 0) is 16.4 Å². The fourth-order valence-electron chi connectivity index (χ4n) is 3.59. The van der Waals surface area contributed by atoms with E-state index in [2.05, 4.69) is 45.2 Å². The standard InChI is InChI=1S/C22H25FN4O2S2/c1-16-2-4-17(5-3-16)14-21-25-22(30-26-21)27-12-10-18(11-13-27)15-24-31(28,29)20-8-6-19(23)7-9-20/h2-9,18,24H,10-15H2,1H3. The number of aryl methyl sites for hydroxylation is 1. The van der Waals surface area contributed by atoms with Crippen LogP contribution in [0.25, 0.3) is 0 Å². The summed E-state index contributed by atoms with van der Waals surface area (Å²) < 4.78 is 45.0. The number of benzene rings is 2. The van der Waals surface area contributed by atoms with Gasteiger partial charge in [0.2, 0.25) is 15.2 Å². The van der Waals surface area contributed by atoms with Crippen molar-refractivity contribution >= 4 is 26.7 Å². The number of nitrogens with zero attached hydrogens (tertiary/aromatic N) is 3. The maximum Gasteiger partial charge on any atom is 0.240 e. The molecule has 0 unspecified atom stereocenters. The first-order valence-corrected chi connectivity index (χ1v) is 12.5. The number of piperidine rings is 1. The van der Waals surface area contributed by atoms with Gasteiger partial charge in [0.25, 0.3) is 0 Å². The van der Waals surface area contributed by atoms with E-state index in [1.807, 2.05) is 0 Å². The molecule has 1 saturated heterocycles. The summed E-state index contributed by atoms with van der Waals surface area (Å²) in [6.07, 6.45) is 2.47. The van der Waals surface area contributed by atoms with Gasteiger partial charge in [-0.15, -0.1) is 0 Å². The van der Waals surface area contributed by atoms with Crippen LogP contribution in [0.15, 0.2) is 53.4 Å². The Hall–Kier alpha value is -2.36. The summed E-state index contributed by atoms with van der Waals surface area (Å²) >= 11 is 1.42. The van der Waals surface area contributed by atoms with E-state index in [1.54, 1.807) is 0 Å². The van der Waals surface area contributed by atoms with Gasteiger partial charge in [0.1, 0.15) is 11.6 Å². The first-order valence-electron chi connectivity index (χ1n) is 10.3. The second kappa shape index (κ2) is 9.42. The number of nitrogens with one attached hydrogen (secondary N) is 1. The molecule has 6 nitrogen and oxygen atoms in total. The van der Waals surface area contributed by atoms with Gasteiger partial charge in [0, 0.05) is 37.6 Å². The number of sulfonamides is 1. The Morgan fingerprint density at radius 3 is 2.45 bits per heavy atom. The molecule has 9 heteroatoms. The molecule has 2 heterocycles. The van der Waals surface area contributed by atoms with Gasteiger partial charge in [-0.3, -0.25) is 0 Å². The molecule has 4 rings (SSSR count). The van der Waals surface area contributed by atoms with Crippen molar-refractivity contribution in [1.29, 1.82) is 0 Å². The highest BCUT2D eigenvalue weighted by Gasteiger charge is 2.24. The Labute approximate surface area is 186 Å². The third-order valence-electron chi connectivity index (χ3n) is 5.51. The van der Waals surface area contributed by atoms with Gasteiger partial charge in [-0.25, -0.2) is 22.5 Å². The summed E-state index contributed by atoms with van der Waals surface area (Å²) in [7, 11) is -3.62. The Bertz CT molecular complexity index is 1110. The minimum Gasteiger partial charge on any atom is -0.347 e. The second-order valence-electron chi connectivity index (χ2n) is 7.89. The van der Waals surface area contributed by atoms with Gasteiger partial charge in [-0.1, -0.05) is 29.8 Å². The fourth-order valence-corrected chi connectivity index (χ4v) is 5.44. The van der Waals surface area contributed by atoms with Gasteiger partial charge < -0.3 is 4.90 Å². The van der Waals surface area contributed by atoms with E-state index in [1.165, 1.54) is 34.8 Å². The SMILES string of the molecule is Cc1ccc(Cc2nsc(N3CCC(CNS(=O)(=O)c4ccc(F)cc4)CC3)n2)cc1. The molecule has 3 aromatic rings. The van der Waals surface area contributed by atoms with Crippen LogP contribution in [0, 0.1) is 18.7 Å². The molecule has 0 amide bonds. The lowest BCUT2D eigenvalue weighted by Gasteiger charge is -2.31. The topological polar surface area (TPSA) is 75.2 Å². The van der Waals surface area contributed by atoms with Crippen molar-refractivity contribution in [1.82, 2.24) is 14.1 Å². The van der Waals surface area contributed by atoms with Crippen molar-refractivity contribution < 1.29 is 12.8 Å². The van der Waals surface area contributed by atoms with Crippen LogP contribution in [0.5, 0.6) is 0 Å². The average molecular weight is 461 g/mol. The maximum atomic E-state index is 13.0. The Kier molecular flexibility index (Phi) is 6.64. The molecule has 0 bridgehead atoms. The molecule has 0 aliphatic carbocycles. The predicted molar refractivity (Wildman–Crippen MR) is 120 cm³/mol. The van der Waals surface area contributed by atoms with Gasteiger partial charge in [-0.05, 0) is 55.5 Å². The second-order valence-corrected chi connectivity index (χ2v) is 10.4. The smallest absolute Gasteiger partial charge is 0.240 e. The van der Waals surface area contributed by atoms with Crippen molar-refractivity contribution in [2.24, 2.45) is 5.92 Å². The monoisotopic (exact) mass is 460 g/mol. The number of aromatic nitrogens is 2. The predicted octanol–water partition coefficient (Wildman–Crippen LogP) is 3.77. The molecule has 1 aromatic heterocycles. The van der Waals surface area contributed by atoms with Gasteiger partial charge in [-0.2, -0.15) is 4.37 Å². The fraction of sp³-hybridized carbons (Fsp3) is 0.364. The molecule has 1 aliphatic heterocycles. The van der Waals surface area contributed by atoms with E-state index in [0.29, 0.717) is 6.54 Å². The van der Waals surface area contributed by atoms with E-state index < -0.39 is 15.8 Å². The molecule has 0 radical (unpaired) electrons. The van der Waals surface area contributed by atoms with Crippen LogP contribution in [0.3, 0.4) is 0 Å². The lowest BCUT2D eigenvalue weighted by molar-refractivity contribution is 0.401. The summed E-state index contributed by atoms with van der Waals surface area (Å²) in [6.45, 7) is 4.09. The van der Waals surface area contributed by atoms with Crippen LogP contribution in [0.1, 0.15) is 29.8 Å². The average Bonchev–Trinajstić information content (AvgIpc) is 3.23. The third kappa shape index (κ3) is 5.66. The van der Waals surface area contributed by atoms with E-state index >= 15 is 0 Å². The molecule has 0 spiro atoms. The van der Waals surface area contributed by atoms with Crippen LogP contribution < -0.4 is 9.62 Å². The number of anilines is 1. The normalized spacial score (nSPS) is 15.4. The maximum absolute atomic E-state index is 13.0. The Morgan fingerprint density at radius 2 is 1.77 bits per heavy atom.